The van der Waals surface area contributed by atoms with Crippen LogP contribution in [0.4, 0.5) is 11.5 Å². The smallest absolute Gasteiger partial charge is 0.261 e. The van der Waals surface area contributed by atoms with Crippen molar-refractivity contribution in [3.63, 3.8) is 0 Å². The summed E-state index contributed by atoms with van der Waals surface area (Å²) in [7, 11) is 0. The van der Waals surface area contributed by atoms with Gasteiger partial charge in [0.2, 0.25) is 0 Å². The number of nitriles is 2. The van der Waals surface area contributed by atoms with E-state index in [0.717, 1.165) is 5.69 Å². The Balaban J connectivity index is 2.08. The van der Waals surface area contributed by atoms with Crippen LogP contribution in [0.15, 0.2) is 41.3 Å². The Kier molecular flexibility index (Phi) is 4.00. The molecule has 1 atom stereocenters. The number of pyridine rings is 1. The molecule has 2 heterocycles. The maximum Gasteiger partial charge on any atom is 0.261 e. The normalized spacial score (nSPS) is 11.6. The second-order valence-corrected chi connectivity index (χ2v) is 5.39. The summed E-state index contributed by atoms with van der Waals surface area (Å²) in [6.07, 6.45) is 1.85. The average Bonchev–Trinajstić information content (AvgIpc) is 2.96. The third-order valence-electron chi connectivity index (χ3n) is 3.71. The van der Waals surface area contributed by atoms with Crippen LogP contribution in [-0.4, -0.2) is 14.8 Å². The number of anilines is 2. The van der Waals surface area contributed by atoms with E-state index in [4.69, 9.17) is 10.5 Å². The quantitative estimate of drug-likeness (QED) is 0.768. The molecule has 2 N–H and O–H groups in total. The van der Waals surface area contributed by atoms with Gasteiger partial charge in [0.25, 0.3) is 5.56 Å². The number of aromatic amines is 1. The molecule has 0 saturated heterocycles. The molecular formula is C17H14N6O. The fraction of sp³-hybridized carbons (Fsp3) is 0.176. The van der Waals surface area contributed by atoms with E-state index in [1.807, 2.05) is 6.92 Å². The zero-order chi connectivity index (χ0) is 17.1. The summed E-state index contributed by atoms with van der Waals surface area (Å²) in [5.41, 5.74) is 1.69. The molecule has 0 saturated carbocycles. The topological polar surface area (TPSA) is 110 Å². The molecule has 118 valence electrons. The number of hydrogen-bond acceptors (Lipinski definition) is 5. The van der Waals surface area contributed by atoms with Crippen molar-refractivity contribution in [3.05, 3.63) is 52.4 Å². The summed E-state index contributed by atoms with van der Waals surface area (Å²) in [6, 6.07) is 12.7. The van der Waals surface area contributed by atoms with Gasteiger partial charge in [-0.3, -0.25) is 9.48 Å². The zero-order valence-corrected chi connectivity index (χ0v) is 12.9. The Morgan fingerprint density at radius 3 is 2.71 bits per heavy atom. The van der Waals surface area contributed by atoms with Crippen LogP contribution in [0.2, 0.25) is 0 Å². The van der Waals surface area contributed by atoms with Gasteiger partial charge in [0.05, 0.1) is 35.7 Å². The van der Waals surface area contributed by atoms with Crippen LogP contribution in [-0.2, 0) is 0 Å². The maximum atomic E-state index is 12.2. The summed E-state index contributed by atoms with van der Waals surface area (Å²) >= 11 is 0. The number of rotatable bonds is 4. The molecule has 0 aliphatic carbocycles. The highest BCUT2D eigenvalue weighted by Crippen LogP contribution is 2.26. The molecular weight excluding hydrogens is 304 g/mol. The van der Waals surface area contributed by atoms with E-state index in [1.165, 1.54) is 0 Å². The Morgan fingerprint density at radius 1 is 1.29 bits per heavy atom. The van der Waals surface area contributed by atoms with Crippen LogP contribution in [0, 0.1) is 22.7 Å². The van der Waals surface area contributed by atoms with Crippen molar-refractivity contribution in [1.82, 2.24) is 14.8 Å². The Hall–Kier alpha value is -3.58. The molecule has 0 spiro atoms. The molecule has 0 radical (unpaired) electrons. The van der Waals surface area contributed by atoms with E-state index in [0.29, 0.717) is 28.7 Å². The first-order chi connectivity index (χ1) is 11.6. The van der Waals surface area contributed by atoms with Crippen molar-refractivity contribution in [1.29, 1.82) is 10.5 Å². The largest absolute Gasteiger partial charge is 0.338 e. The van der Waals surface area contributed by atoms with Crippen molar-refractivity contribution in [2.24, 2.45) is 0 Å². The van der Waals surface area contributed by atoms with Crippen molar-refractivity contribution < 1.29 is 0 Å². The van der Waals surface area contributed by atoms with Gasteiger partial charge in [0.1, 0.15) is 5.39 Å². The third-order valence-corrected chi connectivity index (χ3v) is 3.71. The number of nitrogens with one attached hydrogen (secondary N) is 2. The van der Waals surface area contributed by atoms with Crippen molar-refractivity contribution in [2.45, 2.75) is 19.4 Å². The molecule has 1 unspecified atom stereocenters. The second-order valence-electron chi connectivity index (χ2n) is 5.39. The van der Waals surface area contributed by atoms with Crippen LogP contribution in [0.1, 0.15) is 24.9 Å². The Bertz CT molecular complexity index is 1020. The lowest BCUT2D eigenvalue weighted by Crippen LogP contribution is -2.08. The first-order valence-electron chi connectivity index (χ1n) is 7.38. The lowest BCUT2D eigenvalue weighted by atomic mass is 10.2. The molecule has 3 aromatic rings. The molecule has 0 amide bonds. The molecule has 7 nitrogen and oxygen atoms in total. The molecule has 7 heteroatoms. The van der Waals surface area contributed by atoms with E-state index in [2.05, 4.69) is 27.5 Å². The SMILES string of the molecule is CC(CC#N)n1nc(Nc2ccc(C#N)cc2)c2c(=O)[nH]ccc21. The van der Waals surface area contributed by atoms with E-state index in [1.54, 1.807) is 41.2 Å². The maximum absolute atomic E-state index is 12.2. The summed E-state index contributed by atoms with van der Waals surface area (Å²) < 4.78 is 1.68. The van der Waals surface area contributed by atoms with E-state index >= 15 is 0 Å². The fourth-order valence-corrected chi connectivity index (χ4v) is 2.51. The first kappa shape index (κ1) is 15.3. The molecule has 24 heavy (non-hydrogen) atoms. The van der Waals surface area contributed by atoms with Gasteiger partial charge in [-0.2, -0.15) is 15.6 Å². The van der Waals surface area contributed by atoms with Gasteiger partial charge in [-0.05, 0) is 37.3 Å². The van der Waals surface area contributed by atoms with Crippen molar-refractivity contribution in [2.75, 3.05) is 5.32 Å². The number of fused-ring (bicyclic) bond motifs is 1. The van der Waals surface area contributed by atoms with Crippen molar-refractivity contribution >= 4 is 22.4 Å². The van der Waals surface area contributed by atoms with Gasteiger partial charge in [0.15, 0.2) is 5.82 Å². The minimum absolute atomic E-state index is 0.157. The first-order valence-corrected chi connectivity index (χ1v) is 7.38. The van der Waals surface area contributed by atoms with Crippen LogP contribution in [0.25, 0.3) is 10.9 Å². The molecule has 3 rings (SSSR count). The predicted octanol–water partition coefficient (Wildman–Crippen LogP) is 2.81. The number of nitrogens with zero attached hydrogens (tertiary/aromatic N) is 4. The van der Waals surface area contributed by atoms with E-state index in [9.17, 15) is 4.79 Å². The van der Waals surface area contributed by atoms with Gasteiger partial charge >= 0.3 is 0 Å². The Morgan fingerprint density at radius 2 is 2.04 bits per heavy atom. The second kappa shape index (κ2) is 6.27. The number of hydrogen-bond donors (Lipinski definition) is 2. The summed E-state index contributed by atoms with van der Waals surface area (Å²) in [4.78, 5) is 14.9. The summed E-state index contributed by atoms with van der Waals surface area (Å²) in [6.45, 7) is 1.88. The molecule has 1 aromatic carbocycles. The van der Waals surface area contributed by atoms with E-state index in [-0.39, 0.29) is 11.6 Å². The summed E-state index contributed by atoms with van der Waals surface area (Å²) in [5.74, 6) is 0.418. The molecule has 0 aliphatic rings. The fourth-order valence-electron chi connectivity index (χ4n) is 2.51. The van der Waals surface area contributed by atoms with Gasteiger partial charge in [-0.1, -0.05) is 0 Å². The summed E-state index contributed by atoms with van der Waals surface area (Å²) in [5, 5.41) is 25.8. The minimum atomic E-state index is -0.251. The highest BCUT2D eigenvalue weighted by atomic mass is 16.1. The van der Waals surface area contributed by atoms with Gasteiger partial charge in [-0.15, -0.1) is 0 Å². The van der Waals surface area contributed by atoms with Crippen LogP contribution < -0.4 is 10.9 Å². The average molecular weight is 318 g/mol. The predicted molar refractivity (Wildman–Crippen MR) is 89.7 cm³/mol. The molecule has 0 bridgehead atoms. The lowest BCUT2D eigenvalue weighted by molar-refractivity contribution is 0.518. The standard InChI is InChI=1S/C17H14N6O/c1-11(6-8-18)23-14-7-9-20-17(24)15(14)16(22-23)21-13-4-2-12(10-19)3-5-13/h2-5,7,9,11H,6H2,1H3,(H,20,24)(H,21,22). The number of aromatic nitrogens is 3. The molecule has 0 aliphatic heterocycles. The molecule has 0 fully saturated rings. The highest BCUT2D eigenvalue weighted by molar-refractivity contribution is 5.91. The number of H-pyrrole nitrogens is 1. The van der Waals surface area contributed by atoms with Gasteiger partial charge in [-0.25, -0.2) is 0 Å². The minimum Gasteiger partial charge on any atom is -0.338 e. The number of benzene rings is 1. The van der Waals surface area contributed by atoms with E-state index < -0.39 is 0 Å². The van der Waals surface area contributed by atoms with Crippen LogP contribution >= 0.6 is 0 Å². The Labute approximate surface area is 137 Å². The van der Waals surface area contributed by atoms with Crippen LogP contribution in [0.5, 0.6) is 0 Å². The lowest BCUT2D eigenvalue weighted by Gasteiger charge is -2.08. The highest BCUT2D eigenvalue weighted by Gasteiger charge is 2.17. The monoisotopic (exact) mass is 318 g/mol. The van der Waals surface area contributed by atoms with Gasteiger partial charge in [0, 0.05) is 11.9 Å². The van der Waals surface area contributed by atoms with Crippen LogP contribution in [0.3, 0.4) is 0 Å². The van der Waals surface area contributed by atoms with Crippen molar-refractivity contribution in [3.8, 4) is 12.1 Å². The third kappa shape index (κ3) is 2.71. The molecule has 2 aromatic heterocycles. The zero-order valence-electron chi connectivity index (χ0n) is 12.9. The van der Waals surface area contributed by atoms with Gasteiger partial charge < -0.3 is 10.3 Å².